The van der Waals surface area contributed by atoms with Crippen LogP contribution in [0, 0.1) is 0 Å². The van der Waals surface area contributed by atoms with Crippen molar-refractivity contribution in [3.63, 3.8) is 0 Å². The topological polar surface area (TPSA) is 142 Å². The second kappa shape index (κ2) is 39.0. The fourth-order valence-electron chi connectivity index (χ4n) is 5.48. The molecule has 0 aromatic rings. The Morgan fingerprint density at radius 2 is 1.11 bits per heavy atom. The molecule has 0 saturated carbocycles. The van der Waals surface area contributed by atoms with Crippen LogP contribution in [-0.4, -0.2) is 59.3 Å². The average Bonchev–Trinajstić information content (AvgIpc) is 3.15. The molecular weight excluding hydrogens is 681 g/mol. The predicted molar refractivity (Wildman–Crippen MR) is 222 cm³/mol. The number of hydrogen-bond donors (Lipinski definition) is 4. The van der Waals surface area contributed by atoms with E-state index < -0.39 is 24.5 Å². The SMILES string of the molecule is CC/C=C\C/C=C\C/C=C\C/C=C\CCCCCCCCCCC(=O)OC(/C=C\C/C=C\CCC)CCCCCCC(=O)NCC(=O)NC(CO)C(=O)O. The Morgan fingerprint density at radius 3 is 1.70 bits per heavy atom. The maximum Gasteiger partial charge on any atom is 0.328 e. The fourth-order valence-corrected chi connectivity index (χ4v) is 5.48. The first-order valence-corrected chi connectivity index (χ1v) is 20.8. The highest BCUT2D eigenvalue weighted by atomic mass is 16.5. The van der Waals surface area contributed by atoms with Crippen molar-refractivity contribution in [1.82, 2.24) is 10.6 Å². The van der Waals surface area contributed by atoms with Gasteiger partial charge in [-0.15, -0.1) is 0 Å². The molecule has 306 valence electrons. The summed E-state index contributed by atoms with van der Waals surface area (Å²) < 4.78 is 5.85. The number of allylic oxidation sites excluding steroid dienone is 11. The minimum atomic E-state index is -1.39. The Bertz CT molecular complexity index is 1140. The fraction of sp³-hybridized carbons (Fsp3) is 0.644. The number of aliphatic carboxylic acids is 1. The number of unbranched alkanes of at least 4 members (excludes halogenated alkanes) is 12. The third-order valence-electron chi connectivity index (χ3n) is 8.65. The monoisotopic (exact) mass is 755 g/mol. The molecule has 0 aliphatic heterocycles. The standard InChI is InChI=1S/C45H74N2O7/c1-3-5-7-9-11-12-13-14-15-16-17-18-19-20-21-22-23-24-25-27-33-37-44(51)54-40(34-30-26-10-8-6-4-2)35-31-28-29-32-36-42(49)46-38-43(50)47-41(39-48)45(52)53/h5,7-8,10-12,14-15,17-18,30,34,40-41,48H,3-4,6,9,13,16,19-29,31-33,35-39H2,1-2H3,(H,46,49)(H,47,50)(H,52,53)/b7-5-,10-8-,12-11-,15-14-,18-17-,34-30-. The van der Waals surface area contributed by atoms with Crippen LogP contribution >= 0.6 is 0 Å². The zero-order valence-electron chi connectivity index (χ0n) is 33.7. The van der Waals surface area contributed by atoms with E-state index in [1.165, 1.54) is 32.1 Å². The number of nitrogens with one attached hydrogen (secondary N) is 2. The lowest BCUT2D eigenvalue weighted by molar-refractivity contribution is -0.147. The lowest BCUT2D eigenvalue weighted by Gasteiger charge is -2.15. The van der Waals surface area contributed by atoms with Crippen molar-refractivity contribution in [2.75, 3.05) is 13.2 Å². The number of carbonyl (C=O) groups is 4. The van der Waals surface area contributed by atoms with E-state index in [9.17, 15) is 19.2 Å². The second-order valence-corrected chi connectivity index (χ2v) is 13.7. The van der Waals surface area contributed by atoms with E-state index in [2.05, 4.69) is 91.3 Å². The number of aliphatic hydroxyl groups excluding tert-OH is 1. The van der Waals surface area contributed by atoms with Crippen molar-refractivity contribution < 1.29 is 34.1 Å². The highest BCUT2D eigenvalue weighted by Gasteiger charge is 2.18. The Balaban J connectivity index is 4.14. The molecular formula is C45H74N2O7. The molecule has 0 radical (unpaired) electrons. The van der Waals surface area contributed by atoms with Crippen LogP contribution in [0.1, 0.15) is 162 Å². The lowest BCUT2D eigenvalue weighted by Crippen LogP contribution is -2.47. The zero-order valence-corrected chi connectivity index (χ0v) is 33.7. The summed E-state index contributed by atoms with van der Waals surface area (Å²) in [7, 11) is 0. The van der Waals surface area contributed by atoms with E-state index in [-0.39, 0.29) is 30.9 Å². The first-order chi connectivity index (χ1) is 26.3. The molecule has 0 aliphatic rings. The third-order valence-corrected chi connectivity index (χ3v) is 8.65. The second-order valence-electron chi connectivity index (χ2n) is 13.7. The van der Waals surface area contributed by atoms with E-state index in [1.54, 1.807) is 0 Å². The Hall–Kier alpha value is -3.72. The summed E-state index contributed by atoms with van der Waals surface area (Å²) in [6.07, 6.45) is 48.2. The smallest absolute Gasteiger partial charge is 0.328 e. The van der Waals surface area contributed by atoms with Crippen LogP contribution in [0.5, 0.6) is 0 Å². The van der Waals surface area contributed by atoms with Crippen LogP contribution in [0.15, 0.2) is 72.9 Å². The number of ether oxygens (including phenoxy) is 1. The predicted octanol–water partition coefficient (Wildman–Crippen LogP) is 9.93. The molecule has 0 aromatic carbocycles. The van der Waals surface area contributed by atoms with Gasteiger partial charge in [-0.05, 0) is 83.1 Å². The number of carboxylic acids is 1. The highest BCUT2D eigenvalue weighted by Crippen LogP contribution is 2.15. The van der Waals surface area contributed by atoms with Crippen molar-refractivity contribution in [3.8, 4) is 0 Å². The van der Waals surface area contributed by atoms with Crippen LogP contribution in [0.2, 0.25) is 0 Å². The summed E-state index contributed by atoms with van der Waals surface area (Å²) in [6.45, 7) is 3.23. The van der Waals surface area contributed by atoms with Crippen molar-refractivity contribution >= 4 is 23.8 Å². The molecule has 0 bridgehead atoms. The Morgan fingerprint density at radius 1 is 0.593 bits per heavy atom. The van der Waals surface area contributed by atoms with Gasteiger partial charge < -0.3 is 25.6 Å². The largest absolute Gasteiger partial charge is 0.480 e. The normalized spacial score (nSPS) is 13.2. The van der Waals surface area contributed by atoms with Gasteiger partial charge in [0.2, 0.25) is 11.8 Å². The van der Waals surface area contributed by atoms with Gasteiger partial charge in [-0.2, -0.15) is 0 Å². The minimum Gasteiger partial charge on any atom is -0.480 e. The van der Waals surface area contributed by atoms with Crippen molar-refractivity contribution in [3.05, 3.63) is 72.9 Å². The molecule has 0 heterocycles. The van der Waals surface area contributed by atoms with Crippen LogP contribution in [-0.2, 0) is 23.9 Å². The minimum absolute atomic E-state index is 0.142. The van der Waals surface area contributed by atoms with Gasteiger partial charge in [-0.3, -0.25) is 14.4 Å². The molecule has 0 saturated heterocycles. The lowest BCUT2D eigenvalue weighted by atomic mass is 10.1. The molecule has 0 fully saturated rings. The number of carbonyl (C=O) groups excluding carboxylic acids is 3. The van der Waals surface area contributed by atoms with E-state index in [1.807, 2.05) is 6.08 Å². The molecule has 0 spiro atoms. The molecule has 9 nitrogen and oxygen atoms in total. The van der Waals surface area contributed by atoms with Crippen molar-refractivity contribution in [2.45, 2.75) is 174 Å². The summed E-state index contributed by atoms with van der Waals surface area (Å²) in [5, 5.41) is 22.5. The first-order valence-electron chi connectivity index (χ1n) is 20.8. The van der Waals surface area contributed by atoms with Crippen LogP contribution < -0.4 is 10.6 Å². The molecule has 2 amide bonds. The molecule has 0 aliphatic carbocycles. The van der Waals surface area contributed by atoms with Gasteiger partial charge in [0, 0.05) is 12.8 Å². The van der Waals surface area contributed by atoms with Gasteiger partial charge in [0.1, 0.15) is 12.1 Å². The number of amides is 2. The van der Waals surface area contributed by atoms with Gasteiger partial charge >= 0.3 is 11.9 Å². The maximum atomic E-state index is 12.7. The van der Waals surface area contributed by atoms with Gasteiger partial charge in [0.25, 0.3) is 0 Å². The quantitative estimate of drug-likeness (QED) is 0.0283. The summed E-state index contributed by atoms with van der Waals surface area (Å²) >= 11 is 0. The van der Waals surface area contributed by atoms with Gasteiger partial charge in [0.05, 0.1) is 13.2 Å². The number of esters is 1. The maximum absolute atomic E-state index is 12.7. The molecule has 4 N–H and O–H groups in total. The summed E-state index contributed by atoms with van der Waals surface area (Å²) in [4.78, 5) is 47.4. The van der Waals surface area contributed by atoms with E-state index in [0.29, 0.717) is 12.8 Å². The average molecular weight is 755 g/mol. The molecule has 2 unspecified atom stereocenters. The van der Waals surface area contributed by atoms with E-state index >= 15 is 0 Å². The Labute approximate surface area is 327 Å². The van der Waals surface area contributed by atoms with Crippen LogP contribution in [0.25, 0.3) is 0 Å². The number of carboxylic acid groups (broad SMARTS) is 1. The highest BCUT2D eigenvalue weighted by molar-refractivity contribution is 5.87. The van der Waals surface area contributed by atoms with Gasteiger partial charge in [0.15, 0.2) is 0 Å². The molecule has 9 heteroatoms. The third kappa shape index (κ3) is 35.3. The van der Waals surface area contributed by atoms with Crippen LogP contribution in [0.4, 0.5) is 0 Å². The number of rotatable bonds is 36. The van der Waals surface area contributed by atoms with Crippen LogP contribution in [0.3, 0.4) is 0 Å². The molecule has 0 rings (SSSR count). The van der Waals surface area contributed by atoms with E-state index in [4.69, 9.17) is 14.9 Å². The molecule has 54 heavy (non-hydrogen) atoms. The van der Waals surface area contributed by atoms with Gasteiger partial charge in [-0.1, -0.05) is 138 Å². The zero-order chi connectivity index (χ0) is 39.7. The summed E-state index contributed by atoms with van der Waals surface area (Å²) in [6, 6.07) is -1.39. The molecule has 2 atom stereocenters. The molecule has 0 aromatic heterocycles. The number of aliphatic hydroxyl groups is 1. The summed E-state index contributed by atoms with van der Waals surface area (Å²) in [5.74, 6) is -2.45. The van der Waals surface area contributed by atoms with E-state index in [0.717, 1.165) is 96.3 Å². The van der Waals surface area contributed by atoms with Gasteiger partial charge in [-0.25, -0.2) is 4.79 Å². The number of hydrogen-bond acceptors (Lipinski definition) is 6. The Kier molecular flexibility index (Phi) is 36.3. The van der Waals surface area contributed by atoms with Crippen molar-refractivity contribution in [2.24, 2.45) is 0 Å². The van der Waals surface area contributed by atoms with Crippen molar-refractivity contribution in [1.29, 1.82) is 0 Å². The summed E-state index contributed by atoms with van der Waals surface area (Å²) in [5.41, 5.74) is 0. The first kappa shape index (κ1) is 50.3.